The molecule has 1 aliphatic heterocycles. The maximum atomic E-state index is 13.4. The topological polar surface area (TPSA) is 62.3 Å². The van der Waals surface area contributed by atoms with Crippen LogP contribution in [0.5, 0.6) is 0 Å². The van der Waals surface area contributed by atoms with E-state index in [1.807, 2.05) is 0 Å². The average molecular weight is 429 g/mol. The summed E-state index contributed by atoms with van der Waals surface area (Å²) in [5.41, 5.74) is -0.949. The molecule has 1 saturated carbocycles. The third-order valence-corrected chi connectivity index (χ3v) is 7.11. The normalized spacial score (nSPS) is 24.7. The van der Waals surface area contributed by atoms with Gasteiger partial charge in [0.05, 0.1) is 4.90 Å². The molecule has 10 heteroatoms. The number of pyridine rings is 1. The molecule has 0 unspecified atom stereocenters. The second-order valence-electron chi connectivity index (χ2n) is 7.47. The molecule has 1 saturated heterocycles. The number of rotatable bonds is 4. The van der Waals surface area contributed by atoms with Gasteiger partial charge in [-0.25, -0.2) is 22.5 Å². The zero-order valence-corrected chi connectivity index (χ0v) is 16.0. The molecule has 0 bridgehead atoms. The molecule has 1 aromatic carbocycles. The van der Waals surface area contributed by atoms with E-state index in [9.17, 15) is 26.0 Å². The number of sulfonamides is 1. The SMILES string of the molecule is O=S(=O)(N[C@H]1CC[C@@H]2CN(c3cccc(C(F)(F)F)n3)C[C@@H]21)c1cccc(F)c1. The molecule has 4 rings (SSSR count). The highest BCUT2D eigenvalue weighted by Crippen LogP contribution is 2.40. The molecule has 0 radical (unpaired) electrons. The van der Waals surface area contributed by atoms with E-state index < -0.39 is 27.7 Å². The van der Waals surface area contributed by atoms with E-state index in [0.29, 0.717) is 19.5 Å². The van der Waals surface area contributed by atoms with Crippen LogP contribution >= 0.6 is 0 Å². The lowest BCUT2D eigenvalue weighted by Gasteiger charge is -2.23. The Bertz CT molecular complexity index is 1010. The van der Waals surface area contributed by atoms with Crippen molar-refractivity contribution in [3.05, 3.63) is 54.0 Å². The van der Waals surface area contributed by atoms with Crippen LogP contribution < -0.4 is 9.62 Å². The van der Waals surface area contributed by atoms with Crippen LogP contribution in [0.4, 0.5) is 23.4 Å². The van der Waals surface area contributed by atoms with Gasteiger partial charge >= 0.3 is 6.18 Å². The Morgan fingerprint density at radius 3 is 2.55 bits per heavy atom. The minimum Gasteiger partial charge on any atom is -0.356 e. The predicted molar refractivity (Wildman–Crippen MR) is 98.2 cm³/mol. The fourth-order valence-electron chi connectivity index (χ4n) is 4.26. The number of nitrogens with zero attached hydrogens (tertiary/aromatic N) is 2. The van der Waals surface area contributed by atoms with Gasteiger partial charge < -0.3 is 4.90 Å². The van der Waals surface area contributed by atoms with Crippen LogP contribution in [-0.4, -0.2) is 32.5 Å². The second kappa shape index (κ2) is 7.24. The van der Waals surface area contributed by atoms with Gasteiger partial charge in [0.15, 0.2) is 0 Å². The van der Waals surface area contributed by atoms with Crippen LogP contribution in [0.2, 0.25) is 0 Å². The van der Waals surface area contributed by atoms with Crippen molar-refractivity contribution in [2.24, 2.45) is 11.8 Å². The van der Waals surface area contributed by atoms with Crippen LogP contribution in [0, 0.1) is 17.7 Å². The Labute approximate surface area is 165 Å². The minimum atomic E-state index is -4.52. The number of hydrogen-bond donors (Lipinski definition) is 1. The van der Waals surface area contributed by atoms with E-state index in [1.54, 1.807) is 4.90 Å². The van der Waals surface area contributed by atoms with E-state index in [-0.39, 0.29) is 28.6 Å². The van der Waals surface area contributed by atoms with Crippen molar-refractivity contribution in [1.82, 2.24) is 9.71 Å². The van der Waals surface area contributed by atoms with Gasteiger partial charge in [-0.2, -0.15) is 13.2 Å². The molecule has 3 atom stereocenters. The average Bonchev–Trinajstić information content (AvgIpc) is 3.23. The molecule has 0 spiro atoms. The Kier molecular flexibility index (Phi) is 5.02. The number of hydrogen-bond acceptors (Lipinski definition) is 4. The zero-order chi connectivity index (χ0) is 20.8. The molecule has 2 heterocycles. The van der Waals surface area contributed by atoms with Gasteiger partial charge in [0.1, 0.15) is 17.3 Å². The van der Waals surface area contributed by atoms with E-state index in [0.717, 1.165) is 18.6 Å². The lowest BCUT2D eigenvalue weighted by molar-refractivity contribution is -0.141. The molecule has 1 N–H and O–H groups in total. The lowest BCUT2D eigenvalue weighted by atomic mass is 9.98. The molecule has 156 valence electrons. The van der Waals surface area contributed by atoms with Gasteiger partial charge in [-0.1, -0.05) is 12.1 Å². The van der Waals surface area contributed by atoms with Gasteiger partial charge in [0.2, 0.25) is 10.0 Å². The van der Waals surface area contributed by atoms with Gasteiger partial charge in [-0.05, 0) is 55.0 Å². The molecule has 5 nitrogen and oxygen atoms in total. The van der Waals surface area contributed by atoms with Crippen molar-refractivity contribution in [3.63, 3.8) is 0 Å². The summed E-state index contributed by atoms with van der Waals surface area (Å²) in [6, 6.07) is 8.21. The number of nitrogens with one attached hydrogen (secondary N) is 1. The maximum Gasteiger partial charge on any atom is 0.433 e. The summed E-state index contributed by atoms with van der Waals surface area (Å²) in [6.07, 6.45) is -3.13. The molecule has 1 aliphatic carbocycles. The van der Waals surface area contributed by atoms with Crippen LogP contribution in [0.25, 0.3) is 0 Å². The predicted octanol–water partition coefficient (Wildman–Crippen LogP) is 3.43. The molecule has 2 aliphatic rings. The van der Waals surface area contributed by atoms with Crippen molar-refractivity contribution < 1.29 is 26.0 Å². The highest BCUT2D eigenvalue weighted by molar-refractivity contribution is 7.89. The van der Waals surface area contributed by atoms with Crippen LogP contribution in [0.3, 0.4) is 0 Å². The van der Waals surface area contributed by atoms with Crippen molar-refractivity contribution in [2.75, 3.05) is 18.0 Å². The number of halogens is 4. The first-order chi connectivity index (χ1) is 13.6. The molecule has 29 heavy (non-hydrogen) atoms. The smallest absolute Gasteiger partial charge is 0.356 e. The van der Waals surface area contributed by atoms with E-state index in [1.165, 1.54) is 30.3 Å². The quantitative estimate of drug-likeness (QED) is 0.757. The summed E-state index contributed by atoms with van der Waals surface area (Å²) in [6.45, 7) is 0.937. The molecule has 2 fully saturated rings. The van der Waals surface area contributed by atoms with Crippen LogP contribution in [0.15, 0.2) is 47.4 Å². The number of fused-ring (bicyclic) bond motifs is 1. The molecule has 2 aromatic rings. The van der Waals surface area contributed by atoms with Crippen LogP contribution in [-0.2, 0) is 16.2 Å². The highest BCUT2D eigenvalue weighted by atomic mass is 32.2. The van der Waals surface area contributed by atoms with Gasteiger partial charge in [0.25, 0.3) is 0 Å². The largest absolute Gasteiger partial charge is 0.433 e. The standard InChI is InChI=1S/C19H19F4N3O2S/c20-13-3-1-4-14(9-13)29(27,28)25-16-8-7-12-10-26(11-15(12)16)18-6-2-5-17(24-18)19(21,22)23/h1-6,9,12,15-16,25H,7-8,10-11H2/t12-,15+,16+/m1/s1. The van der Waals surface area contributed by atoms with Crippen molar-refractivity contribution >= 4 is 15.8 Å². The van der Waals surface area contributed by atoms with E-state index >= 15 is 0 Å². The molecule has 1 aromatic heterocycles. The minimum absolute atomic E-state index is 0.0466. The fraction of sp³-hybridized carbons (Fsp3) is 0.421. The van der Waals surface area contributed by atoms with Gasteiger partial charge in [0, 0.05) is 19.1 Å². The Balaban J connectivity index is 1.49. The first-order valence-electron chi connectivity index (χ1n) is 9.20. The Hall–Kier alpha value is -2.20. The summed E-state index contributed by atoms with van der Waals surface area (Å²) >= 11 is 0. The molecule has 0 amide bonds. The first kappa shape index (κ1) is 20.1. The maximum absolute atomic E-state index is 13.4. The summed E-state index contributed by atoms with van der Waals surface area (Å²) in [5, 5.41) is 0. The third kappa shape index (κ3) is 4.09. The third-order valence-electron chi connectivity index (χ3n) is 5.62. The number of alkyl halides is 3. The zero-order valence-electron chi connectivity index (χ0n) is 15.2. The molecular formula is C19H19F4N3O2S. The second-order valence-corrected chi connectivity index (χ2v) is 9.18. The van der Waals surface area contributed by atoms with Gasteiger partial charge in [-0.3, -0.25) is 0 Å². The number of anilines is 1. The van der Waals surface area contributed by atoms with Crippen molar-refractivity contribution in [3.8, 4) is 0 Å². The van der Waals surface area contributed by atoms with Crippen molar-refractivity contribution in [1.29, 1.82) is 0 Å². The summed E-state index contributed by atoms with van der Waals surface area (Å²) in [7, 11) is -3.89. The molecular weight excluding hydrogens is 410 g/mol. The summed E-state index contributed by atoms with van der Waals surface area (Å²) in [5.74, 6) is -0.290. The van der Waals surface area contributed by atoms with E-state index in [2.05, 4.69) is 9.71 Å². The summed E-state index contributed by atoms with van der Waals surface area (Å²) < 4.78 is 80.1. The first-order valence-corrected chi connectivity index (χ1v) is 10.7. The Morgan fingerprint density at radius 2 is 1.83 bits per heavy atom. The van der Waals surface area contributed by atoms with Crippen molar-refractivity contribution in [2.45, 2.75) is 30.0 Å². The highest BCUT2D eigenvalue weighted by Gasteiger charge is 2.44. The van der Waals surface area contributed by atoms with Gasteiger partial charge in [-0.15, -0.1) is 0 Å². The monoisotopic (exact) mass is 429 g/mol. The fourth-order valence-corrected chi connectivity index (χ4v) is 5.61. The summed E-state index contributed by atoms with van der Waals surface area (Å²) in [4.78, 5) is 5.36. The van der Waals surface area contributed by atoms with E-state index in [4.69, 9.17) is 0 Å². The van der Waals surface area contributed by atoms with Crippen LogP contribution in [0.1, 0.15) is 18.5 Å². The number of aromatic nitrogens is 1. The lowest BCUT2D eigenvalue weighted by Crippen LogP contribution is -2.39. The Morgan fingerprint density at radius 1 is 1.07 bits per heavy atom. The number of benzene rings is 1.